The Hall–Kier alpha value is -2.37. The van der Waals surface area contributed by atoms with Crippen molar-refractivity contribution in [3.8, 4) is 0 Å². The number of rotatable bonds is 3. The van der Waals surface area contributed by atoms with Gasteiger partial charge in [0.05, 0.1) is 18.9 Å². The minimum atomic E-state index is -0.382. The first-order valence-electron chi connectivity index (χ1n) is 4.44. The van der Waals surface area contributed by atoms with E-state index in [2.05, 4.69) is 14.9 Å². The lowest BCUT2D eigenvalue weighted by Gasteiger charge is -1.98. The van der Waals surface area contributed by atoms with Gasteiger partial charge in [-0.1, -0.05) is 12.1 Å². The summed E-state index contributed by atoms with van der Waals surface area (Å²) in [6.07, 6.45) is 1.47. The molecule has 0 atom stereocenters. The number of nitrogens with zero attached hydrogens (tertiary/aromatic N) is 2. The van der Waals surface area contributed by atoms with E-state index in [1.165, 1.54) is 13.3 Å². The third-order valence-electron chi connectivity index (χ3n) is 1.71. The molecule has 1 rings (SSSR count). The van der Waals surface area contributed by atoms with Crippen molar-refractivity contribution in [3.05, 3.63) is 35.4 Å². The second-order valence-corrected chi connectivity index (χ2v) is 2.88. The Morgan fingerprint density at radius 1 is 1.31 bits per heavy atom. The summed E-state index contributed by atoms with van der Waals surface area (Å²) in [6.45, 7) is 0. The first-order chi connectivity index (χ1) is 7.63. The highest BCUT2D eigenvalue weighted by Crippen LogP contribution is 2.03. The second-order valence-electron chi connectivity index (χ2n) is 2.88. The average Bonchev–Trinajstić information content (AvgIpc) is 2.28. The zero-order valence-corrected chi connectivity index (χ0v) is 8.75. The number of benzene rings is 1. The van der Waals surface area contributed by atoms with Crippen LogP contribution < -0.4 is 11.5 Å². The zero-order chi connectivity index (χ0) is 12.0. The fraction of sp³-hybridized carbons (Fsp3) is 0.100. The Balaban J connectivity index is 2.76. The molecule has 0 amide bonds. The lowest BCUT2D eigenvalue weighted by Crippen LogP contribution is -2.21. The molecule has 0 spiro atoms. The first kappa shape index (κ1) is 11.7. The van der Waals surface area contributed by atoms with E-state index in [1.807, 2.05) is 0 Å². The highest BCUT2D eigenvalue weighted by Gasteiger charge is 2.02. The SMILES string of the molecule is COC(=O)c1ccc(/C=N\N=C(N)N)cc1. The molecule has 0 unspecified atom stereocenters. The number of methoxy groups -OCH3 is 1. The molecular weight excluding hydrogens is 208 g/mol. The molecule has 0 aromatic heterocycles. The fourth-order valence-electron chi connectivity index (χ4n) is 0.985. The van der Waals surface area contributed by atoms with E-state index in [9.17, 15) is 4.79 Å². The second kappa shape index (κ2) is 5.50. The lowest BCUT2D eigenvalue weighted by atomic mass is 10.1. The number of hydrogen-bond donors (Lipinski definition) is 2. The van der Waals surface area contributed by atoms with Crippen LogP contribution in [0.25, 0.3) is 0 Å². The Morgan fingerprint density at radius 2 is 1.94 bits per heavy atom. The first-order valence-corrected chi connectivity index (χ1v) is 4.44. The van der Waals surface area contributed by atoms with E-state index in [1.54, 1.807) is 24.3 Å². The summed E-state index contributed by atoms with van der Waals surface area (Å²) in [5.74, 6) is -0.491. The molecule has 0 heterocycles. The third-order valence-corrected chi connectivity index (χ3v) is 1.71. The van der Waals surface area contributed by atoms with Gasteiger partial charge in [0.25, 0.3) is 0 Å². The van der Waals surface area contributed by atoms with Crippen molar-refractivity contribution in [1.29, 1.82) is 0 Å². The molecule has 0 radical (unpaired) electrons. The molecule has 0 aliphatic rings. The number of hydrogen-bond acceptors (Lipinski definition) is 4. The monoisotopic (exact) mass is 220 g/mol. The summed E-state index contributed by atoms with van der Waals surface area (Å²) in [7, 11) is 1.33. The summed E-state index contributed by atoms with van der Waals surface area (Å²) in [4.78, 5) is 11.1. The van der Waals surface area contributed by atoms with Crippen LogP contribution in [0.5, 0.6) is 0 Å². The molecule has 0 bridgehead atoms. The summed E-state index contributed by atoms with van der Waals surface area (Å²) in [5, 5.41) is 7.08. The number of carbonyl (C=O) groups is 1. The molecule has 0 saturated carbocycles. The van der Waals surface area contributed by atoms with Crippen LogP contribution in [-0.4, -0.2) is 25.3 Å². The molecule has 0 saturated heterocycles. The predicted molar refractivity (Wildman–Crippen MR) is 61.2 cm³/mol. The third kappa shape index (κ3) is 3.41. The molecule has 1 aromatic carbocycles. The highest BCUT2D eigenvalue weighted by atomic mass is 16.5. The summed E-state index contributed by atoms with van der Waals surface area (Å²) < 4.78 is 4.56. The molecule has 1 aromatic rings. The van der Waals surface area contributed by atoms with Gasteiger partial charge in [-0.05, 0) is 17.7 Å². The van der Waals surface area contributed by atoms with Gasteiger partial charge in [-0.2, -0.15) is 5.10 Å². The average molecular weight is 220 g/mol. The van der Waals surface area contributed by atoms with E-state index in [0.717, 1.165) is 5.56 Å². The number of esters is 1. The molecular formula is C10H12N4O2. The van der Waals surface area contributed by atoms with Crippen LogP contribution in [0.15, 0.2) is 34.5 Å². The lowest BCUT2D eigenvalue weighted by molar-refractivity contribution is 0.0601. The Morgan fingerprint density at radius 3 is 2.44 bits per heavy atom. The Labute approximate surface area is 92.6 Å². The van der Waals surface area contributed by atoms with Crippen LogP contribution in [0.3, 0.4) is 0 Å². The van der Waals surface area contributed by atoms with Crippen LogP contribution in [0.2, 0.25) is 0 Å². The van der Waals surface area contributed by atoms with E-state index in [4.69, 9.17) is 11.5 Å². The van der Waals surface area contributed by atoms with Crippen LogP contribution in [0.1, 0.15) is 15.9 Å². The topological polar surface area (TPSA) is 103 Å². The van der Waals surface area contributed by atoms with Crippen molar-refractivity contribution < 1.29 is 9.53 Å². The number of ether oxygens (including phenoxy) is 1. The van der Waals surface area contributed by atoms with Gasteiger partial charge >= 0.3 is 5.97 Å². The van der Waals surface area contributed by atoms with E-state index in [-0.39, 0.29) is 11.9 Å². The predicted octanol–water partition coefficient (Wildman–Crippen LogP) is 0.0805. The van der Waals surface area contributed by atoms with Crippen molar-refractivity contribution in [1.82, 2.24) is 0 Å². The number of nitrogens with two attached hydrogens (primary N) is 2. The van der Waals surface area contributed by atoms with E-state index >= 15 is 0 Å². The quantitative estimate of drug-likeness (QED) is 0.326. The summed E-state index contributed by atoms with van der Waals surface area (Å²) >= 11 is 0. The van der Waals surface area contributed by atoms with E-state index in [0.29, 0.717) is 5.56 Å². The van der Waals surface area contributed by atoms with Crippen LogP contribution in [-0.2, 0) is 4.74 Å². The highest BCUT2D eigenvalue weighted by molar-refractivity contribution is 5.90. The molecule has 6 nitrogen and oxygen atoms in total. The zero-order valence-electron chi connectivity index (χ0n) is 8.75. The van der Waals surface area contributed by atoms with Gasteiger partial charge in [0.2, 0.25) is 5.96 Å². The van der Waals surface area contributed by atoms with Gasteiger partial charge < -0.3 is 16.2 Å². The Bertz CT molecular complexity index is 419. The van der Waals surface area contributed by atoms with Crippen LogP contribution >= 0.6 is 0 Å². The normalized spacial score (nSPS) is 10.1. The molecule has 0 aliphatic heterocycles. The summed E-state index contributed by atoms with van der Waals surface area (Å²) in [6, 6.07) is 6.67. The van der Waals surface area contributed by atoms with Gasteiger partial charge in [-0.3, -0.25) is 0 Å². The van der Waals surface area contributed by atoms with Gasteiger partial charge in [-0.15, -0.1) is 5.10 Å². The van der Waals surface area contributed by atoms with Crippen LogP contribution in [0, 0.1) is 0 Å². The summed E-state index contributed by atoms with van der Waals surface area (Å²) in [5.41, 5.74) is 11.4. The van der Waals surface area contributed by atoms with Gasteiger partial charge in [0.15, 0.2) is 0 Å². The molecule has 6 heteroatoms. The molecule has 0 aliphatic carbocycles. The Kier molecular flexibility index (Phi) is 4.02. The maximum absolute atomic E-state index is 11.1. The number of carbonyl (C=O) groups excluding carboxylic acids is 1. The standard InChI is InChI=1S/C10H12N4O2/c1-16-9(15)8-4-2-7(3-5-8)6-13-14-10(11)12/h2-6H,1H3,(H4,11,12,14)/b13-6-. The van der Waals surface area contributed by atoms with Crippen molar-refractivity contribution in [3.63, 3.8) is 0 Å². The smallest absolute Gasteiger partial charge is 0.337 e. The van der Waals surface area contributed by atoms with Crippen molar-refractivity contribution >= 4 is 18.1 Å². The fourth-order valence-corrected chi connectivity index (χ4v) is 0.985. The van der Waals surface area contributed by atoms with E-state index < -0.39 is 0 Å². The van der Waals surface area contributed by atoms with Gasteiger partial charge in [-0.25, -0.2) is 4.79 Å². The minimum Gasteiger partial charge on any atom is -0.465 e. The van der Waals surface area contributed by atoms with Gasteiger partial charge in [0, 0.05) is 0 Å². The molecule has 4 N–H and O–H groups in total. The number of guanidine groups is 1. The largest absolute Gasteiger partial charge is 0.465 e. The van der Waals surface area contributed by atoms with Crippen molar-refractivity contribution in [2.45, 2.75) is 0 Å². The molecule has 84 valence electrons. The van der Waals surface area contributed by atoms with Gasteiger partial charge in [0.1, 0.15) is 0 Å². The van der Waals surface area contributed by atoms with Crippen molar-refractivity contribution in [2.75, 3.05) is 7.11 Å². The van der Waals surface area contributed by atoms with Crippen molar-refractivity contribution in [2.24, 2.45) is 21.7 Å². The molecule has 16 heavy (non-hydrogen) atoms. The maximum Gasteiger partial charge on any atom is 0.337 e. The molecule has 0 fully saturated rings. The maximum atomic E-state index is 11.1. The minimum absolute atomic E-state index is 0.109. The van der Waals surface area contributed by atoms with Crippen LogP contribution in [0.4, 0.5) is 0 Å².